The fourth-order valence-electron chi connectivity index (χ4n) is 5.15. The number of fused-ring (bicyclic) bond motifs is 1. The highest BCUT2D eigenvalue weighted by molar-refractivity contribution is 5.91. The Hall–Kier alpha value is -2.47. The molecular weight excluding hydrogens is 376 g/mol. The van der Waals surface area contributed by atoms with E-state index >= 15 is 0 Å². The van der Waals surface area contributed by atoms with Crippen LogP contribution in [0.5, 0.6) is 0 Å². The minimum Gasteiger partial charge on any atom is -0.332 e. The number of H-pyrrole nitrogens is 1. The maximum Gasteiger partial charge on any atom is 0.254 e. The molecule has 1 N–H and O–H groups in total. The molecule has 5 rings (SSSR count). The predicted molar refractivity (Wildman–Crippen MR) is 115 cm³/mol. The fourth-order valence-corrected chi connectivity index (χ4v) is 5.15. The third-order valence-electron chi connectivity index (χ3n) is 7.17. The average molecular weight is 407 g/mol. The number of benzene rings is 1. The molecule has 0 bridgehead atoms. The molecule has 1 aliphatic carbocycles. The number of nitrogens with one attached hydrogen (secondary N) is 1. The molecule has 3 heterocycles. The smallest absolute Gasteiger partial charge is 0.254 e. The molecule has 6 nitrogen and oxygen atoms in total. The van der Waals surface area contributed by atoms with Gasteiger partial charge in [0, 0.05) is 31.2 Å². The standard InChI is InChI=1S/C24H30N4O2/c1-16(2)27-14-10-18-19(15-27)25-21(26-22(18)29)20-9-6-13-28(20)23(30)24(11-12-24)17-7-4-3-5-8-17/h3-5,7-8,16,20H,6,9-15H2,1-2H3,(H,25,26,29)/t20-/m1/s1. The summed E-state index contributed by atoms with van der Waals surface area (Å²) in [7, 11) is 0. The number of aromatic nitrogens is 2. The molecule has 158 valence electrons. The van der Waals surface area contributed by atoms with E-state index < -0.39 is 0 Å². The second-order valence-corrected chi connectivity index (χ2v) is 9.30. The van der Waals surface area contributed by atoms with E-state index in [0.29, 0.717) is 18.4 Å². The van der Waals surface area contributed by atoms with Gasteiger partial charge in [-0.1, -0.05) is 30.3 Å². The van der Waals surface area contributed by atoms with Crippen LogP contribution in [0.3, 0.4) is 0 Å². The molecule has 0 spiro atoms. The first-order valence-corrected chi connectivity index (χ1v) is 11.2. The molecule has 6 heteroatoms. The molecule has 30 heavy (non-hydrogen) atoms. The lowest BCUT2D eigenvalue weighted by Gasteiger charge is -2.32. The molecule has 1 saturated heterocycles. The van der Waals surface area contributed by atoms with Gasteiger partial charge >= 0.3 is 0 Å². The van der Waals surface area contributed by atoms with E-state index in [4.69, 9.17) is 4.98 Å². The van der Waals surface area contributed by atoms with Gasteiger partial charge in [0.1, 0.15) is 5.82 Å². The first kappa shape index (κ1) is 19.5. The Bertz CT molecular complexity index is 1010. The van der Waals surface area contributed by atoms with Crippen LogP contribution in [-0.2, 0) is 23.2 Å². The number of carbonyl (C=O) groups excluding carboxylic acids is 1. The first-order chi connectivity index (χ1) is 14.5. The third-order valence-corrected chi connectivity index (χ3v) is 7.17. The van der Waals surface area contributed by atoms with Crippen LogP contribution in [0, 0.1) is 0 Å². The van der Waals surface area contributed by atoms with Gasteiger partial charge in [-0.3, -0.25) is 14.5 Å². The summed E-state index contributed by atoms with van der Waals surface area (Å²) in [5.74, 6) is 0.861. The van der Waals surface area contributed by atoms with Crippen LogP contribution in [-0.4, -0.2) is 44.8 Å². The fraction of sp³-hybridized carbons (Fsp3) is 0.542. The lowest BCUT2D eigenvalue weighted by molar-refractivity contribution is -0.135. The molecule has 0 radical (unpaired) electrons. The Morgan fingerprint density at radius 2 is 1.97 bits per heavy atom. The van der Waals surface area contributed by atoms with Crippen molar-refractivity contribution in [1.29, 1.82) is 0 Å². The Morgan fingerprint density at radius 1 is 1.20 bits per heavy atom. The lowest BCUT2D eigenvalue weighted by atomic mass is 9.94. The zero-order valence-electron chi connectivity index (χ0n) is 17.9. The summed E-state index contributed by atoms with van der Waals surface area (Å²) < 4.78 is 0. The van der Waals surface area contributed by atoms with Crippen molar-refractivity contribution in [3.63, 3.8) is 0 Å². The number of hydrogen-bond acceptors (Lipinski definition) is 4. The summed E-state index contributed by atoms with van der Waals surface area (Å²) in [5, 5.41) is 0. The second-order valence-electron chi connectivity index (χ2n) is 9.30. The number of aromatic amines is 1. The van der Waals surface area contributed by atoms with Gasteiger partial charge in [-0.2, -0.15) is 0 Å². The molecule has 1 atom stereocenters. The third kappa shape index (κ3) is 3.18. The number of likely N-dealkylation sites (tertiary alicyclic amines) is 1. The van der Waals surface area contributed by atoms with Gasteiger partial charge in [0.15, 0.2) is 0 Å². The zero-order valence-corrected chi connectivity index (χ0v) is 17.9. The number of amides is 1. The van der Waals surface area contributed by atoms with Gasteiger partial charge in [-0.25, -0.2) is 4.98 Å². The molecular formula is C24H30N4O2. The van der Waals surface area contributed by atoms with Crippen molar-refractivity contribution in [2.24, 2.45) is 0 Å². The summed E-state index contributed by atoms with van der Waals surface area (Å²) in [6.07, 6.45) is 4.33. The van der Waals surface area contributed by atoms with Crippen molar-refractivity contribution in [3.05, 3.63) is 63.3 Å². The molecule has 2 aromatic rings. The Kier molecular flexibility index (Phi) is 4.77. The van der Waals surface area contributed by atoms with E-state index in [1.165, 1.54) is 0 Å². The van der Waals surface area contributed by atoms with Crippen LogP contribution in [0.1, 0.15) is 68.2 Å². The van der Waals surface area contributed by atoms with Gasteiger partial charge in [0.25, 0.3) is 5.56 Å². The SMILES string of the molecule is CC(C)N1CCc2c(nc([C@H]3CCCN3C(=O)C3(c4ccccc4)CC3)[nH]c2=O)C1. The molecule has 3 aliphatic rings. The van der Waals surface area contributed by atoms with Gasteiger partial charge in [-0.05, 0) is 51.5 Å². The lowest BCUT2D eigenvalue weighted by Crippen LogP contribution is -2.42. The minimum atomic E-state index is -0.382. The summed E-state index contributed by atoms with van der Waals surface area (Å²) in [6.45, 7) is 6.68. The van der Waals surface area contributed by atoms with E-state index in [2.05, 4.69) is 35.9 Å². The van der Waals surface area contributed by atoms with Crippen LogP contribution in [0.4, 0.5) is 0 Å². The predicted octanol–water partition coefficient (Wildman–Crippen LogP) is 2.93. The number of hydrogen-bond donors (Lipinski definition) is 1. The Labute approximate surface area is 177 Å². The van der Waals surface area contributed by atoms with Gasteiger partial charge < -0.3 is 9.88 Å². The van der Waals surface area contributed by atoms with Crippen LogP contribution in [0.25, 0.3) is 0 Å². The summed E-state index contributed by atoms with van der Waals surface area (Å²) >= 11 is 0. The quantitative estimate of drug-likeness (QED) is 0.848. The molecule has 1 aromatic heterocycles. The van der Waals surface area contributed by atoms with Crippen molar-refractivity contribution in [3.8, 4) is 0 Å². The van der Waals surface area contributed by atoms with Crippen molar-refractivity contribution < 1.29 is 4.79 Å². The van der Waals surface area contributed by atoms with Gasteiger partial charge in [0.2, 0.25) is 5.91 Å². The average Bonchev–Trinajstić information content (AvgIpc) is 3.43. The van der Waals surface area contributed by atoms with E-state index in [1.807, 2.05) is 23.1 Å². The van der Waals surface area contributed by atoms with Gasteiger partial charge in [-0.15, -0.1) is 0 Å². The van der Waals surface area contributed by atoms with Crippen LogP contribution >= 0.6 is 0 Å². The van der Waals surface area contributed by atoms with Crippen LogP contribution in [0.15, 0.2) is 35.1 Å². The molecule has 2 fully saturated rings. The van der Waals surface area contributed by atoms with Gasteiger partial charge in [0.05, 0.1) is 17.2 Å². The normalized spacial score (nSPS) is 22.9. The summed E-state index contributed by atoms with van der Waals surface area (Å²) in [6, 6.07) is 10.4. The molecule has 1 saturated carbocycles. The van der Waals surface area contributed by atoms with E-state index in [-0.39, 0.29) is 22.9 Å². The maximum atomic E-state index is 13.6. The van der Waals surface area contributed by atoms with E-state index in [9.17, 15) is 9.59 Å². The highest BCUT2D eigenvalue weighted by Gasteiger charge is 2.54. The summed E-state index contributed by atoms with van der Waals surface area (Å²) in [5.41, 5.74) is 2.40. The van der Waals surface area contributed by atoms with Crippen molar-refractivity contribution >= 4 is 5.91 Å². The van der Waals surface area contributed by atoms with Crippen LogP contribution < -0.4 is 5.56 Å². The summed E-state index contributed by atoms with van der Waals surface area (Å²) in [4.78, 5) is 38.7. The van der Waals surface area contributed by atoms with Crippen molar-refractivity contribution in [2.45, 2.75) is 70.0 Å². The topological polar surface area (TPSA) is 69.3 Å². The van der Waals surface area contributed by atoms with E-state index in [0.717, 1.165) is 62.0 Å². The number of carbonyl (C=O) groups is 1. The zero-order chi connectivity index (χ0) is 20.9. The molecule has 1 aromatic carbocycles. The molecule has 2 aliphatic heterocycles. The second kappa shape index (κ2) is 7.34. The Morgan fingerprint density at radius 3 is 2.67 bits per heavy atom. The number of rotatable bonds is 4. The minimum absolute atomic E-state index is 0.0260. The highest BCUT2D eigenvalue weighted by Crippen LogP contribution is 2.51. The Balaban J connectivity index is 1.45. The van der Waals surface area contributed by atoms with E-state index in [1.54, 1.807) is 0 Å². The molecule has 1 amide bonds. The number of nitrogens with zero attached hydrogens (tertiary/aromatic N) is 3. The maximum absolute atomic E-state index is 13.6. The van der Waals surface area contributed by atoms with Crippen LogP contribution in [0.2, 0.25) is 0 Å². The highest BCUT2D eigenvalue weighted by atomic mass is 16.2. The first-order valence-electron chi connectivity index (χ1n) is 11.2. The van der Waals surface area contributed by atoms with Crippen molar-refractivity contribution in [1.82, 2.24) is 19.8 Å². The van der Waals surface area contributed by atoms with Crippen molar-refractivity contribution in [2.75, 3.05) is 13.1 Å². The monoisotopic (exact) mass is 406 g/mol. The largest absolute Gasteiger partial charge is 0.332 e. The molecule has 0 unspecified atom stereocenters.